The van der Waals surface area contributed by atoms with Crippen molar-refractivity contribution < 1.29 is 4.79 Å². The molecule has 3 heterocycles. The maximum Gasteiger partial charge on any atom is 0.231 e. The van der Waals surface area contributed by atoms with Crippen LogP contribution in [0.5, 0.6) is 0 Å². The number of amides is 1. The average Bonchev–Trinajstić information content (AvgIpc) is 3.21. The third-order valence-electron chi connectivity index (χ3n) is 4.85. The Morgan fingerprint density at radius 1 is 1.12 bits per heavy atom. The van der Waals surface area contributed by atoms with E-state index in [2.05, 4.69) is 9.88 Å². The molecule has 0 radical (unpaired) electrons. The van der Waals surface area contributed by atoms with Gasteiger partial charge in [0.2, 0.25) is 5.91 Å². The van der Waals surface area contributed by atoms with Gasteiger partial charge in [-0.25, -0.2) is 4.98 Å². The van der Waals surface area contributed by atoms with Gasteiger partial charge in [-0.15, -0.1) is 0 Å². The number of carbonyl (C=O) groups is 1. The maximum atomic E-state index is 12.4. The quantitative estimate of drug-likeness (QED) is 0.871. The van der Waals surface area contributed by atoms with Crippen molar-refractivity contribution >= 4 is 17.4 Å². The van der Waals surface area contributed by atoms with E-state index < -0.39 is 0 Å². The Kier molecular flexibility index (Phi) is 3.71. The SMILES string of the molecule is CC(C)N1C(=O)Cc2c(-c3cncc(N4CCCC4)n3)cccc21. The highest BCUT2D eigenvalue weighted by atomic mass is 16.2. The number of nitrogens with zero attached hydrogens (tertiary/aromatic N) is 4. The predicted octanol–water partition coefficient (Wildman–Crippen LogP) is 3.04. The van der Waals surface area contributed by atoms with Gasteiger partial charge in [0.1, 0.15) is 5.82 Å². The van der Waals surface area contributed by atoms with Gasteiger partial charge in [0.05, 0.1) is 24.5 Å². The van der Waals surface area contributed by atoms with Crippen LogP contribution in [0, 0.1) is 0 Å². The first-order valence-corrected chi connectivity index (χ1v) is 8.66. The van der Waals surface area contributed by atoms with Crippen LogP contribution in [-0.4, -0.2) is 35.0 Å². The number of fused-ring (bicyclic) bond motifs is 1. The molecule has 4 rings (SSSR count). The molecule has 1 amide bonds. The highest BCUT2D eigenvalue weighted by molar-refractivity contribution is 6.04. The van der Waals surface area contributed by atoms with Crippen LogP contribution in [0.2, 0.25) is 0 Å². The van der Waals surface area contributed by atoms with Crippen molar-refractivity contribution in [2.45, 2.75) is 39.2 Å². The van der Waals surface area contributed by atoms with Crippen LogP contribution in [-0.2, 0) is 11.2 Å². The number of benzene rings is 1. The lowest BCUT2D eigenvalue weighted by atomic mass is 10.0. The predicted molar refractivity (Wildman–Crippen MR) is 95.2 cm³/mol. The maximum absolute atomic E-state index is 12.4. The van der Waals surface area contributed by atoms with Crippen molar-refractivity contribution in [1.29, 1.82) is 0 Å². The van der Waals surface area contributed by atoms with E-state index in [0.29, 0.717) is 6.42 Å². The van der Waals surface area contributed by atoms with Crippen LogP contribution in [0.3, 0.4) is 0 Å². The van der Waals surface area contributed by atoms with E-state index in [-0.39, 0.29) is 11.9 Å². The Morgan fingerprint density at radius 3 is 2.67 bits per heavy atom. The topological polar surface area (TPSA) is 49.3 Å². The Morgan fingerprint density at radius 2 is 1.92 bits per heavy atom. The molecule has 2 aliphatic rings. The summed E-state index contributed by atoms with van der Waals surface area (Å²) in [5.41, 5.74) is 3.97. The largest absolute Gasteiger partial charge is 0.355 e. The molecule has 0 bridgehead atoms. The van der Waals surface area contributed by atoms with Gasteiger partial charge in [-0.05, 0) is 38.3 Å². The van der Waals surface area contributed by atoms with Crippen LogP contribution >= 0.6 is 0 Å². The van der Waals surface area contributed by atoms with Crippen LogP contribution in [0.15, 0.2) is 30.6 Å². The van der Waals surface area contributed by atoms with Crippen LogP contribution in [0.1, 0.15) is 32.3 Å². The number of carbonyl (C=O) groups excluding carboxylic acids is 1. The third-order valence-corrected chi connectivity index (χ3v) is 4.85. The first-order valence-electron chi connectivity index (χ1n) is 8.66. The fourth-order valence-corrected chi connectivity index (χ4v) is 3.75. The van der Waals surface area contributed by atoms with Gasteiger partial charge < -0.3 is 9.80 Å². The molecular weight excluding hydrogens is 300 g/mol. The summed E-state index contributed by atoms with van der Waals surface area (Å²) >= 11 is 0. The molecule has 24 heavy (non-hydrogen) atoms. The van der Waals surface area contributed by atoms with Crippen LogP contribution < -0.4 is 9.80 Å². The molecule has 0 unspecified atom stereocenters. The lowest BCUT2D eigenvalue weighted by molar-refractivity contribution is -0.117. The standard InChI is InChI=1S/C19H22N4O/c1-13(2)23-17-7-5-6-14(15(17)10-19(23)24)16-11-20-12-18(21-16)22-8-3-4-9-22/h5-7,11-13H,3-4,8-10H2,1-2H3. The minimum absolute atomic E-state index is 0.163. The van der Waals surface area contributed by atoms with Gasteiger partial charge in [0.15, 0.2) is 0 Å². The molecule has 1 fully saturated rings. The Labute approximate surface area is 142 Å². The van der Waals surface area contributed by atoms with Gasteiger partial charge in [-0.2, -0.15) is 0 Å². The Balaban J connectivity index is 1.76. The molecule has 0 N–H and O–H groups in total. The molecule has 0 saturated carbocycles. The van der Waals surface area contributed by atoms with Crippen LogP contribution in [0.4, 0.5) is 11.5 Å². The minimum Gasteiger partial charge on any atom is -0.355 e. The zero-order valence-electron chi connectivity index (χ0n) is 14.2. The molecule has 1 aromatic carbocycles. The summed E-state index contributed by atoms with van der Waals surface area (Å²) in [7, 11) is 0. The zero-order valence-corrected chi connectivity index (χ0v) is 14.2. The van der Waals surface area contributed by atoms with E-state index in [9.17, 15) is 4.79 Å². The highest BCUT2D eigenvalue weighted by Gasteiger charge is 2.31. The molecule has 124 valence electrons. The number of aromatic nitrogens is 2. The molecule has 1 saturated heterocycles. The van der Waals surface area contributed by atoms with Crippen molar-refractivity contribution in [1.82, 2.24) is 9.97 Å². The van der Waals surface area contributed by atoms with Gasteiger partial charge in [0.25, 0.3) is 0 Å². The summed E-state index contributed by atoms with van der Waals surface area (Å²) in [5, 5.41) is 0. The number of hydrogen-bond donors (Lipinski definition) is 0. The third kappa shape index (κ3) is 2.44. The van der Waals surface area contributed by atoms with Crippen molar-refractivity contribution in [3.05, 3.63) is 36.2 Å². The second-order valence-electron chi connectivity index (χ2n) is 6.79. The van der Waals surface area contributed by atoms with Crippen molar-refractivity contribution in [3.8, 4) is 11.3 Å². The zero-order chi connectivity index (χ0) is 16.7. The molecule has 5 nitrogen and oxygen atoms in total. The fourth-order valence-electron chi connectivity index (χ4n) is 3.75. The van der Waals surface area contributed by atoms with E-state index in [0.717, 1.165) is 41.4 Å². The van der Waals surface area contributed by atoms with Crippen LogP contribution in [0.25, 0.3) is 11.3 Å². The molecule has 5 heteroatoms. The summed E-state index contributed by atoms with van der Waals surface area (Å²) in [5.74, 6) is 1.10. The average molecular weight is 322 g/mol. The van der Waals surface area contributed by atoms with Gasteiger partial charge in [-0.1, -0.05) is 12.1 Å². The molecule has 0 spiro atoms. The smallest absolute Gasteiger partial charge is 0.231 e. The van der Waals surface area contributed by atoms with E-state index in [4.69, 9.17) is 4.98 Å². The number of hydrogen-bond acceptors (Lipinski definition) is 4. The number of rotatable bonds is 3. The minimum atomic E-state index is 0.163. The molecule has 2 aromatic rings. The molecule has 1 aromatic heterocycles. The van der Waals surface area contributed by atoms with Crippen molar-refractivity contribution in [3.63, 3.8) is 0 Å². The normalized spacial score (nSPS) is 17.0. The second-order valence-corrected chi connectivity index (χ2v) is 6.79. The van der Waals surface area contributed by atoms with Crippen molar-refractivity contribution in [2.75, 3.05) is 22.9 Å². The summed E-state index contributed by atoms with van der Waals surface area (Å²) in [6.45, 7) is 6.19. The summed E-state index contributed by atoms with van der Waals surface area (Å²) in [4.78, 5) is 25.8. The monoisotopic (exact) mass is 322 g/mol. The second kappa shape index (κ2) is 5.89. The first kappa shape index (κ1) is 15.1. The van der Waals surface area contributed by atoms with E-state index in [1.807, 2.05) is 43.1 Å². The van der Waals surface area contributed by atoms with Gasteiger partial charge in [0, 0.05) is 30.4 Å². The van der Waals surface area contributed by atoms with Gasteiger partial charge >= 0.3 is 0 Å². The summed E-state index contributed by atoms with van der Waals surface area (Å²) in [6.07, 6.45) is 6.51. The fraction of sp³-hybridized carbons (Fsp3) is 0.421. The summed E-state index contributed by atoms with van der Waals surface area (Å²) in [6, 6.07) is 6.25. The molecule has 0 aliphatic carbocycles. The molecular formula is C19H22N4O. The Hall–Kier alpha value is -2.43. The van der Waals surface area contributed by atoms with Crippen molar-refractivity contribution in [2.24, 2.45) is 0 Å². The van der Waals surface area contributed by atoms with E-state index in [1.54, 1.807) is 6.20 Å². The van der Waals surface area contributed by atoms with E-state index >= 15 is 0 Å². The first-order chi connectivity index (χ1) is 11.6. The molecule has 2 aliphatic heterocycles. The highest BCUT2D eigenvalue weighted by Crippen LogP contribution is 2.37. The lowest BCUT2D eigenvalue weighted by Gasteiger charge is -2.22. The van der Waals surface area contributed by atoms with Gasteiger partial charge in [-0.3, -0.25) is 9.78 Å². The van der Waals surface area contributed by atoms with E-state index in [1.165, 1.54) is 12.8 Å². The lowest BCUT2D eigenvalue weighted by Crippen LogP contribution is -2.33. The summed E-state index contributed by atoms with van der Waals surface area (Å²) < 4.78 is 0. The number of anilines is 2. The molecule has 0 atom stereocenters. The Bertz CT molecular complexity index is 781.